The first-order chi connectivity index (χ1) is 9.47. The maximum absolute atomic E-state index is 11.1. The van der Waals surface area contributed by atoms with Crippen molar-refractivity contribution in [3.05, 3.63) is 53.0 Å². The number of carbonyl (C=O) groups is 1. The summed E-state index contributed by atoms with van der Waals surface area (Å²) >= 11 is 0. The number of benzene rings is 1. The number of nitrogens with two attached hydrogens (primary N) is 2. The van der Waals surface area contributed by atoms with Crippen LogP contribution >= 0.6 is 0 Å². The molecule has 0 saturated carbocycles. The van der Waals surface area contributed by atoms with Crippen molar-refractivity contribution in [2.45, 2.75) is 20.0 Å². The molecule has 0 spiro atoms. The molecule has 0 atom stereocenters. The predicted octanol–water partition coefficient (Wildman–Crippen LogP) is 1.90. The number of hydrogen-bond donors (Lipinski definition) is 2. The number of nitrogens with zero attached hydrogens (tertiary/aromatic N) is 1. The molecule has 1 aromatic heterocycles. The Morgan fingerprint density at radius 3 is 2.50 bits per heavy atom. The molecule has 0 unspecified atom stereocenters. The number of primary amides is 1. The van der Waals surface area contributed by atoms with E-state index in [9.17, 15) is 4.79 Å². The lowest BCUT2D eigenvalue weighted by atomic mass is 10.1. The van der Waals surface area contributed by atoms with E-state index in [2.05, 4.69) is 4.90 Å². The van der Waals surface area contributed by atoms with Gasteiger partial charge in [-0.05, 0) is 37.7 Å². The standard InChI is InChI=1S/C15H19N3O2/c1-10-12(5-6-20-10)8-18(2)9-13-4-3-11(15(17)19)7-14(13)16/h3-7H,8-9,16H2,1-2H3,(H2,17,19). The minimum atomic E-state index is -0.467. The highest BCUT2D eigenvalue weighted by Gasteiger charge is 2.09. The highest BCUT2D eigenvalue weighted by molar-refractivity contribution is 5.93. The smallest absolute Gasteiger partial charge is 0.248 e. The zero-order valence-electron chi connectivity index (χ0n) is 11.7. The van der Waals surface area contributed by atoms with Gasteiger partial charge in [0.1, 0.15) is 5.76 Å². The number of aryl methyl sites for hydroxylation is 1. The molecule has 0 saturated heterocycles. The monoisotopic (exact) mass is 273 g/mol. The Bertz CT molecular complexity index is 619. The third kappa shape index (κ3) is 3.19. The highest BCUT2D eigenvalue weighted by atomic mass is 16.3. The van der Waals surface area contributed by atoms with Crippen molar-refractivity contribution in [2.24, 2.45) is 5.73 Å². The second-order valence-corrected chi connectivity index (χ2v) is 4.95. The van der Waals surface area contributed by atoms with Gasteiger partial charge in [-0.25, -0.2) is 0 Å². The van der Waals surface area contributed by atoms with Gasteiger partial charge in [0.25, 0.3) is 0 Å². The number of furan rings is 1. The van der Waals surface area contributed by atoms with Crippen LogP contribution < -0.4 is 11.5 Å². The molecule has 2 rings (SSSR count). The van der Waals surface area contributed by atoms with Crippen LogP contribution in [0.25, 0.3) is 0 Å². The van der Waals surface area contributed by atoms with Crippen LogP contribution in [0, 0.1) is 6.92 Å². The van der Waals surface area contributed by atoms with Crippen molar-refractivity contribution in [2.75, 3.05) is 12.8 Å². The van der Waals surface area contributed by atoms with Crippen molar-refractivity contribution in [1.82, 2.24) is 4.90 Å². The Labute approximate surface area is 118 Å². The van der Waals surface area contributed by atoms with Gasteiger partial charge in [0, 0.05) is 29.9 Å². The Hall–Kier alpha value is -2.27. The summed E-state index contributed by atoms with van der Waals surface area (Å²) in [4.78, 5) is 13.2. The van der Waals surface area contributed by atoms with Crippen LogP contribution in [-0.4, -0.2) is 17.9 Å². The molecule has 0 fully saturated rings. The first-order valence-electron chi connectivity index (χ1n) is 6.37. The van der Waals surface area contributed by atoms with Crippen LogP contribution in [0.2, 0.25) is 0 Å². The summed E-state index contributed by atoms with van der Waals surface area (Å²) in [6, 6.07) is 7.12. The number of amides is 1. The van der Waals surface area contributed by atoms with E-state index in [4.69, 9.17) is 15.9 Å². The lowest BCUT2D eigenvalue weighted by Gasteiger charge is -2.17. The summed E-state index contributed by atoms with van der Waals surface area (Å²) in [7, 11) is 2.01. The fourth-order valence-electron chi connectivity index (χ4n) is 2.10. The first kappa shape index (κ1) is 14.1. The Balaban J connectivity index is 2.06. The van der Waals surface area contributed by atoms with Gasteiger partial charge in [-0.1, -0.05) is 6.07 Å². The molecule has 0 bridgehead atoms. The molecule has 0 aliphatic carbocycles. The molecule has 4 N–H and O–H groups in total. The average molecular weight is 273 g/mol. The van der Waals surface area contributed by atoms with Crippen LogP contribution in [0.15, 0.2) is 34.9 Å². The molecule has 20 heavy (non-hydrogen) atoms. The molecule has 0 aliphatic heterocycles. The fraction of sp³-hybridized carbons (Fsp3) is 0.267. The quantitative estimate of drug-likeness (QED) is 0.815. The maximum Gasteiger partial charge on any atom is 0.248 e. The van der Waals surface area contributed by atoms with Crippen LogP contribution in [0.5, 0.6) is 0 Å². The number of hydrogen-bond acceptors (Lipinski definition) is 4. The molecular formula is C15H19N3O2. The molecule has 0 radical (unpaired) electrons. The molecule has 1 aromatic carbocycles. The molecule has 5 nitrogen and oxygen atoms in total. The summed E-state index contributed by atoms with van der Waals surface area (Å²) in [5, 5.41) is 0. The number of carbonyl (C=O) groups excluding carboxylic acids is 1. The minimum absolute atomic E-state index is 0.430. The molecule has 1 amide bonds. The second kappa shape index (κ2) is 5.79. The summed E-state index contributed by atoms with van der Waals surface area (Å²) in [6.45, 7) is 3.41. The van der Waals surface area contributed by atoms with Crippen molar-refractivity contribution in [3.63, 3.8) is 0 Å². The lowest BCUT2D eigenvalue weighted by Crippen LogP contribution is -2.19. The van der Waals surface area contributed by atoms with Gasteiger partial charge in [-0.15, -0.1) is 0 Å². The number of rotatable bonds is 5. The van der Waals surface area contributed by atoms with Crippen molar-refractivity contribution in [3.8, 4) is 0 Å². The van der Waals surface area contributed by atoms with Crippen LogP contribution in [-0.2, 0) is 13.1 Å². The van der Waals surface area contributed by atoms with E-state index in [1.165, 1.54) is 0 Å². The molecule has 106 valence electrons. The van der Waals surface area contributed by atoms with Gasteiger partial charge in [0.2, 0.25) is 5.91 Å². The van der Waals surface area contributed by atoms with Gasteiger partial charge >= 0.3 is 0 Å². The highest BCUT2D eigenvalue weighted by Crippen LogP contribution is 2.18. The normalized spacial score (nSPS) is 10.9. The number of anilines is 1. The Morgan fingerprint density at radius 1 is 1.25 bits per heavy atom. The zero-order valence-corrected chi connectivity index (χ0v) is 11.7. The van der Waals surface area contributed by atoms with E-state index in [0.29, 0.717) is 17.8 Å². The molecule has 2 aromatic rings. The van der Waals surface area contributed by atoms with Crippen molar-refractivity contribution in [1.29, 1.82) is 0 Å². The molecular weight excluding hydrogens is 254 g/mol. The third-order valence-electron chi connectivity index (χ3n) is 3.28. The molecule has 1 heterocycles. The number of nitrogen functional groups attached to an aromatic ring is 1. The maximum atomic E-state index is 11.1. The minimum Gasteiger partial charge on any atom is -0.469 e. The lowest BCUT2D eigenvalue weighted by molar-refractivity contribution is 0.100. The first-order valence-corrected chi connectivity index (χ1v) is 6.37. The van der Waals surface area contributed by atoms with Gasteiger partial charge in [-0.3, -0.25) is 9.69 Å². The van der Waals surface area contributed by atoms with E-state index in [1.54, 1.807) is 18.4 Å². The van der Waals surface area contributed by atoms with E-state index in [0.717, 1.165) is 23.4 Å². The van der Waals surface area contributed by atoms with Crippen LogP contribution in [0.1, 0.15) is 27.2 Å². The third-order valence-corrected chi connectivity index (χ3v) is 3.28. The van der Waals surface area contributed by atoms with Crippen LogP contribution in [0.4, 0.5) is 5.69 Å². The Kier molecular flexibility index (Phi) is 4.10. The van der Waals surface area contributed by atoms with E-state index in [-0.39, 0.29) is 0 Å². The van der Waals surface area contributed by atoms with Gasteiger partial charge in [-0.2, -0.15) is 0 Å². The topological polar surface area (TPSA) is 85.5 Å². The zero-order chi connectivity index (χ0) is 14.7. The van der Waals surface area contributed by atoms with Crippen LogP contribution in [0.3, 0.4) is 0 Å². The Morgan fingerprint density at radius 2 is 1.95 bits per heavy atom. The fourth-order valence-corrected chi connectivity index (χ4v) is 2.10. The molecule has 0 aliphatic rings. The van der Waals surface area contributed by atoms with E-state index in [1.807, 2.05) is 26.1 Å². The van der Waals surface area contributed by atoms with Crippen molar-refractivity contribution < 1.29 is 9.21 Å². The SMILES string of the molecule is Cc1occc1CN(C)Cc1ccc(C(N)=O)cc1N. The predicted molar refractivity (Wildman–Crippen MR) is 78.0 cm³/mol. The van der Waals surface area contributed by atoms with E-state index < -0.39 is 5.91 Å². The van der Waals surface area contributed by atoms with Crippen molar-refractivity contribution >= 4 is 11.6 Å². The summed E-state index contributed by atoms with van der Waals surface area (Å²) in [5.74, 6) is 0.458. The second-order valence-electron chi connectivity index (χ2n) is 4.95. The largest absolute Gasteiger partial charge is 0.469 e. The summed E-state index contributed by atoms with van der Waals surface area (Å²) < 4.78 is 5.28. The summed E-state index contributed by atoms with van der Waals surface area (Å²) in [6.07, 6.45) is 1.69. The van der Waals surface area contributed by atoms with Gasteiger partial charge in [0.05, 0.1) is 6.26 Å². The van der Waals surface area contributed by atoms with Gasteiger partial charge in [0.15, 0.2) is 0 Å². The molecule has 5 heteroatoms. The van der Waals surface area contributed by atoms with E-state index >= 15 is 0 Å². The van der Waals surface area contributed by atoms with Gasteiger partial charge < -0.3 is 15.9 Å². The average Bonchev–Trinajstić information content (AvgIpc) is 2.77. The summed E-state index contributed by atoms with van der Waals surface area (Å²) in [5.41, 5.74) is 14.3.